The number of hydrogen-bond donors (Lipinski definition) is 1. The van der Waals surface area contributed by atoms with Gasteiger partial charge in [-0.25, -0.2) is 0 Å². The van der Waals surface area contributed by atoms with Crippen molar-refractivity contribution in [3.63, 3.8) is 0 Å². The lowest BCUT2D eigenvalue weighted by molar-refractivity contribution is -0.149. The monoisotopic (exact) mass is 837 g/mol. The lowest BCUT2D eigenvalue weighted by Crippen LogP contribution is -2.51. The largest absolute Gasteiger partial charge is 0.376 e. The summed E-state index contributed by atoms with van der Waals surface area (Å²) in [5.41, 5.74) is 0. The third-order valence-electron chi connectivity index (χ3n) is 11.4. The Morgan fingerprint density at radius 1 is 0.786 bits per heavy atom. The number of nitrogens with zero attached hydrogens (tertiary/aromatic N) is 2. The van der Waals surface area contributed by atoms with Gasteiger partial charge < -0.3 is 10.1 Å². The zero-order chi connectivity index (χ0) is 29.6. The summed E-state index contributed by atoms with van der Waals surface area (Å²) in [6.45, 7) is 1.31. The predicted octanol–water partition coefficient (Wildman–Crippen LogP) is 3.38. The van der Waals surface area contributed by atoms with Gasteiger partial charge in [-0.05, 0) is 68.6 Å². The average Bonchev–Trinajstić information content (AvgIpc) is 3.82. The minimum Gasteiger partial charge on any atom is -0.376 e. The van der Waals surface area contributed by atoms with Crippen molar-refractivity contribution in [1.29, 1.82) is 0 Å². The van der Waals surface area contributed by atoms with Crippen LogP contribution in [-0.2, 0) is 28.7 Å². The molecule has 14 atom stereocenters. The highest BCUT2D eigenvalue weighted by atomic mass is 79.9. The Morgan fingerprint density at radius 3 is 1.76 bits per heavy atom. The maximum Gasteiger partial charge on any atom is 0.243 e. The fourth-order valence-corrected chi connectivity index (χ4v) is 13.2. The SMILES string of the molecule is O=C(NC[C@@H]1CCCO1)[C@H](CCCCN1C(=O)[C@@H]2[C@H]3C[C@@H]([C@H](Br)[C@@H]3Br)[C@@H]2C1=O)N1C(=O)[C@@H]2[C@H]3C[C@@H]([C@H](Br)[C@H]3Br)[C@H]2C1=O. The Kier molecular flexibility index (Phi) is 8.26. The summed E-state index contributed by atoms with van der Waals surface area (Å²) in [7, 11) is 0. The molecule has 0 aromatic heterocycles. The van der Waals surface area contributed by atoms with Crippen molar-refractivity contribution in [2.75, 3.05) is 19.7 Å². The molecule has 4 saturated carbocycles. The topological polar surface area (TPSA) is 113 Å². The predicted molar refractivity (Wildman–Crippen MR) is 166 cm³/mol. The highest BCUT2D eigenvalue weighted by Crippen LogP contribution is 2.61. The van der Waals surface area contributed by atoms with E-state index in [9.17, 15) is 24.0 Å². The summed E-state index contributed by atoms with van der Waals surface area (Å²) in [6.07, 6.45) is 4.78. The smallest absolute Gasteiger partial charge is 0.243 e. The second kappa shape index (κ2) is 11.5. The van der Waals surface area contributed by atoms with E-state index in [1.54, 1.807) is 0 Å². The summed E-state index contributed by atoms with van der Waals surface area (Å²) in [4.78, 5) is 71.0. The molecular weight excluding hydrogens is 806 g/mol. The number of hydrogen-bond acceptors (Lipinski definition) is 6. The second-order valence-corrected chi connectivity index (χ2v) is 17.5. The molecule has 13 heteroatoms. The third-order valence-corrected chi connectivity index (χ3v) is 17.8. The van der Waals surface area contributed by atoms with Crippen LogP contribution in [0.25, 0.3) is 0 Å². The Labute approximate surface area is 278 Å². The number of halogens is 4. The molecule has 0 spiro atoms. The Hall–Kier alpha value is -0.370. The molecular formula is C29H35Br4N3O6. The van der Waals surface area contributed by atoms with Crippen molar-refractivity contribution in [3.05, 3.63) is 0 Å². The van der Waals surface area contributed by atoms with Crippen LogP contribution >= 0.6 is 63.7 Å². The third kappa shape index (κ3) is 4.50. The van der Waals surface area contributed by atoms with Crippen molar-refractivity contribution in [2.45, 2.75) is 76.4 Å². The van der Waals surface area contributed by atoms with Gasteiger partial charge in [0.2, 0.25) is 29.5 Å². The van der Waals surface area contributed by atoms with Crippen LogP contribution in [0.3, 0.4) is 0 Å². The van der Waals surface area contributed by atoms with E-state index < -0.39 is 6.04 Å². The number of fused-ring (bicyclic) bond motifs is 10. The van der Waals surface area contributed by atoms with Gasteiger partial charge in [-0.2, -0.15) is 0 Å². The molecule has 7 aliphatic rings. The molecule has 42 heavy (non-hydrogen) atoms. The van der Waals surface area contributed by atoms with Gasteiger partial charge in [0.15, 0.2) is 0 Å². The fourth-order valence-electron chi connectivity index (χ4n) is 9.43. The zero-order valence-corrected chi connectivity index (χ0v) is 29.4. The minimum absolute atomic E-state index is 0.0571. The lowest BCUT2D eigenvalue weighted by Gasteiger charge is -2.28. The van der Waals surface area contributed by atoms with Gasteiger partial charge in [-0.3, -0.25) is 33.8 Å². The van der Waals surface area contributed by atoms with Crippen LogP contribution in [-0.4, -0.2) is 90.5 Å². The van der Waals surface area contributed by atoms with E-state index in [4.69, 9.17) is 4.74 Å². The molecule has 1 N–H and O–H groups in total. The number of ether oxygens (including phenoxy) is 1. The summed E-state index contributed by atoms with van der Waals surface area (Å²) in [5, 5.41) is 2.96. The van der Waals surface area contributed by atoms with Crippen LogP contribution in [0, 0.1) is 47.3 Å². The number of alkyl halides is 4. The first-order valence-electron chi connectivity index (χ1n) is 15.3. The molecule has 7 fully saturated rings. The number of carbonyl (C=O) groups is 5. The molecule has 7 rings (SSSR count). The van der Waals surface area contributed by atoms with Crippen molar-refractivity contribution >= 4 is 93.3 Å². The Bertz CT molecular complexity index is 1140. The minimum atomic E-state index is -0.914. The average molecular weight is 841 g/mol. The number of nitrogens with one attached hydrogen (secondary N) is 1. The first kappa shape index (κ1) is 30.3. The number of carbonyl (C=O) groups excluding carboxylic acids is 5. The first-order valence-corrected chi connectivity index (χ1v) is 19.0. The molecule has 3 aliphatic heterocycles. The summed E-state index contributed by atoms with van der Waals surface area (Å²) >= 11 is 14.9. The quantitative estimate of drug-likeness (QED) is 0.217. The van der Waals surface area contributed by atoms with Crippen LogP contribution in [0.5, 0.6) is 0 Å². The standard InChI is InChI=1S/C29H35Br4N3O6/c30-21-12-8-13(22(21)31)18-17(12)26(38)35(27(18)39)6-2-1-5-16(25(37)34-10-11-4-3-7-42-11)36-28(40)19-14-9-15(20(19)29(36)41)24(33)23(14)32/h11-24H,1-10H2,(H,34,37)/t11-,12+,13+,14+,15+,16-,17-,18+,19+,20+,21-,22+,23-,24-/m0/s1. The maximum atomic E-state index is 13.8. The fraction of sp³-hybridized carbons (Fsp3) is 0.828. The molecule has 0 unspecified atom stereocenters. The zero-order valence-electron chi connectivity index (χ0n) is 23.0. The summed E-state index contributed by atoms with van der Waals surface area (Å²) < 4.78 is 5.66. The number of unbranched alkanes of at least 4 members (excludes halogenated alkanes) is 1. The van der Waals surface area contributed by atoms with Gasteiger partial charge in [-0.15, -0.1) is 0 Å². The van der Waals surface area contributed by atoms with E-state index in [0.717, 1.165) is 25.7 Å². The summed E-state index contributed by atoms with van der Waals surface area (Å²) in [6, 6.07) is -0.914. The van der Waals surface area contributed by atoms with Gasteiger partial charge >= 0.3 is 0 Å². The van der Waals surface area contributed by atoms with E-state index in [0.29, 0.717) is 39.0 Å². The van der Waals surface area contributed by atoms with Crippen LogP contribution in [0.15, 0.2) is 0 Å². The molecule has 9 nitrogen and oxygen atoms in total. The number of rotatable bonds is 9. The molecule has 0 aromatic carbocycles. The maximum absolute atomic E-state index is 13.8. The van der Waals surface area contributed by atoms with Gasteiger partial charge in [0.1, 0.15) is 6.04 Å². The number of imide groups is 2. The summed E-state index contributed by atoms with van der Waals surface area (Å²) in [5.74, 6) is -1.75. The molecule has 3 saturated heterocycles. The van der Waals surface area contributed by atoms with Crippen molar-refractivity contribution in [3.8, 4) is 0 Å². The van der Waals surface area contributed by atoms with Crippen LogP contribution < -0.4 is 5.32 Å². The lowest BCUT2D eigenvalue weighted by atomic mass is 9.81. The van der Waals surface area contributed by atoms with Crippen molar-refractivity contribution < 1.29 is 28.7 Å². The van der Waals surface area contributed by atoms with Crippen LogP contribution in [0.4, 0.5) is 0 Å². The van der Waals surface area contributed by atoms with Crippen molar-refractivity contribution in [2.24, 2.45) is 47.3 Å². The van der Waals surface area contributed by atoms with Gasteiger partial charge in [0, 0.05) is 39.0 Å². The molecule has 0 aromatic rings. The van der Waals surface area contributed by atoms with E-state index in [1.807, 2.05) is 0 Å². The number of likely N-dealkylation sites (tertiary alicyclic amines) is 2. The highest BCUT2D eigenvalue weighted by molar-refractivity contribution is 9.12. The first-order chi connectivity index (χ1) is 20.1. The Balaban J connectivity index is 1.02. The normalized spacial score (nSPS) is 45.9. The molecule has 4 aliphatic carbocycles. The highest BCUT2D eigenvalue weighted by Gasteiger charge is 2.68. The molecule has 4 bridgehead atoms. The van der Waals surface area contributed by atoms with E-state index >= 15 is 0 Å². The van der Waals surface area contributed by atoms with Crippen LogP contribution in [0.2, 0.25) is 0 Å². The van der Waals surface area contributed by atoms with Gasteiger partial charge in [0.05, 0.1) is 29.8 Å². The van der Waals surface area contributed by atoms with E-state index in [1.165, 1.54) is 9.80 Å². The molecule has 230 valence electrons. The van der Waals surface area contributed by atoms with E-state index in [2.05, 4.69) is 69.0 Å². The molecule has 0 radical (unpaired) electrons. The molecule has 3 heterocycles. The van der Waals surface area contributed by atoms with Crippen molar-refractivity contribution in [1.82, 2.24) is 15.1 Å². The van der Waals surface area contributed by atoms with E-state index in [-0.39, 0.29) is 102 Å². The van der Waals surface area contributed by atoms with Crippen LogP contribution in [0.1, 0.15) is 44.9 Å². The second-order valence-electron chi connectivity index (χ2n) is 13.3. The number of amides is 5. The van der Waals surface area contributed by atoms with Gasteiger partial charge in [0.25, 0.3) is 0 Å². The molecule has 5 amide bonds. The van der Waals surface area contributed by atoms with Gasteiger partial charge in [-0.1, -0.05) is 63.7 Å². The Morgan fingerprint density at radius 2 is 1.29 bits per heavy atom.